The predicted octanol–water partition coefficient (Wildman–Crippen LogP) is 3.44. The van der Waals surface area contributed by atoms with Gasteiger partial charge in [-0.05, 0) is 30.3 Å². The van der Waals surface area contributed by atoms with Crippen molar-refractivity contribution in [2.45, 2.75) is 18.7 Å². The molecular formula is C22H26ClNO8S. The van der Waals surface area contributed by atoms with Gasteiger partial charge in [-0.15, -0.1) is 0 Å². The van der Waals surface area contributed by atoms with Gasteiger partial charge in [0.1, 0.15) is 0 Å². The van der Waals surface area contributed by atoms with Crippen LogP contribution in [-0.4, -0.2) is 65.5 Å². The molecule has 0 heterocycles. The first-order valence-electron chi connectivity index (χ1n) is 9.94. The van der Waals surface area contributed by atoms with Gasteiger partial charge in [0, 0.05) is 18.7 Å². The Morgan fingerprint density at radius 3 is 2.00 bits per heavy atom. The zero-order valence-electron chi connectivity index (χ0n) is 19.0. The van der Waals surface area contributed by atoms with Crippen LogP contribution >= 0.6 is 11.6 Å². The highest BCUT2D eigenvalue weighted by Crippen LogP contribution is 2.38. The Bertz CT molecular complexity index is 1100. The van der Waals surface area contributed by atoms with E-state index in [1.54, 1.807) is 13.8 Å². The van der Waals surface area contributed by atoms with Crippen LogP contribution in [0, 0.1) is 0 Å². The number of carbonyl (C=O) groups is 2. The molecule has 2 rings (SSSR count). The first-order valence-corrected chi connectivity index (χ1v) is 11.8. The predicted molar refractivity (Wildman–Crippen MR) is 122 cm³/mol. The molecule has 0 atom stereocenters. The average molecular weight is 500 g/mol. The molecule has 9 nitrogen and oxygen atoms in total. The van der Waals surface area contributed by atoms with Crippen molar-refractivity contribution in [3.8, 4) is 17.2 Å². The summed E-state index contributed by atoms with van der Waals surface area (Å²) < 4.78 is 47.5. The van der Waals surface area contributed by atoms with Crippen molar-refractivity contribution in [3.63, 3.8) is 0 Å². The number of esters is 1. The first kappa shape index (κ1) is 26.4. The highest BCUT2D eigenvalue weighted by Gasteiger charge is 2.25. The molecule has 0 unspecified atom stereocenters. The minimum atomic E-state index is -3.81. The molecule has 0 bridgehead atoms. The molecule has 180 valence electrons. The van der Waals surface area contributed by atoms with Crippen LogP contribution in [0.5, 0.6) is 17.2 Å². The summed E-state index contributed by atoms with van der Waals surface area (Å²) >= 11 is 6.09. The van der Waals surface area contributed by atoms with Crippen molar-refractivity contribution >= 4 is 33.4 Å². The monoisotopic (exact) mass is 499 g/mol. The number of rotatable bonds is 11. The van der Waals surface area contributed by atoms with Crippen molar-refractivity contribution in [1.29, 1.82) is 0 Å². The second-order valence-corrected chi connectivity index (χ2v) is 8.99. The van der Waals surface area contributed by atoms with Crippen molar-refractivity contribution in [3.05, 3.63) is 46.5 Å². The Balaban J connectivity index is 2.26. The summed E-state index contributed by atoms with van der Waals surface area (Å²) in [5.74, 6) is -0.623. The normalized spacial score (nSPS) is 11.2. The maximum Gasteiger partial charge on any atom is 0.340 e. The summed E-state index contributed by atoms with van der Waals surface area (Å²) in [7, 11) is 0.442. The number of hydrogen-bond acceptors (Lipinski definition) is 8. The van der Waals surface area contributed by atoms with Gasteiger partial charge in [0.05, 0.1) is 36.8 Å². The number of hydrogen-bond donors (Lipinski definition) is 0. The van der Waals surface area contributed by atoms with E-state index in [0.29, 0.717) is 5.75 Å². The quantitative estimate of drug-likeness (QED) is 0.342. The van der Waals surface area contributed by atoms with E-state index < -0.39 is 28.4 Å². The molecule has 0 N–H and O–H groups in total. The first-order chi connectivity index (χ1) is 15.6. The highest BCUT2D eigenvalue weighted by molar-refractivity contribution is 7.89. The number of Topliss-reactive ketones (excluding diaryl/α,β-unsaturated/α-hetero) is 1. The minimum absolute atomic E-state index is 0.00117. The summed E-state index contributed by atoms with van der Waals surface area (Å²) in [6.45, 7) is 3.34. The molecule has 2 aromatic carbocycles. The highest BCUT2D eigenvalue weighted by atomic mass is 35.5. The van der Waals surface area contributed by atoms with Crippen molar-refractivity contribution in [1.82, 2.24) is 4.31 Å². The van der Waals surface area contributed by atoms with Gasteiger partial charge in [-0.1, -0.05) is 25.4 Å². The lowest BCUT2D eigenvalue weighted by Crippen LogP contribution is -2.30. The molecule has 0 aromatic heterocycles. The average Bonchev–Trinajstić information content (AvgIpc) is 2.81. The second-order valence-electron chi connectivity index (χ2n) is 6.64. The van der Waals surface area contributed by atoms with E-state index in [9.17, 15) is 18.0 Å². The fourth-order valence-corrected chi connectivity index (χ4v) is 4.75. The summed E-state index contributed by atoms with van der Waals surface area (Å²) in [5, 5.41) is -0.00117. The zero-order valence-corrected chi connectivity index (χ0v) is 20.6. The molecule has 0 amide bonds. The van der Waals surface area contributed by atoms with Crippen LogP contribution in [0.3, 0.4) is 0 Å². The third-order valence-electron chi connectivity index (χ3n) is 4.82. The van der Waals surface area contributed by atoms with Crippen molar-refractivity contribution in [2.75, 3.05) is 41.0 Å². The molecule has 0 fully saturated rings. The van der Waals surface area contributed by atoms with Crippen LogP contribution in [0.4, 0.5) is 0 Å². The van der Waals surface area contributed by atoms with Crippen LogP contribution < -0.4 is 14.2 Å². The number of methoxy groups -OCH3 is 3. The van der Waals surface area contributed by atoms with Crippen LogP contribution in [0.2, 0.25) is 5.02 Å². The molecule has 11 heteroatoms. The number of benzene rings is 2. The molecule has 0 aliphatic heterocycles. The van der Waals surface area contributed by atoms with Crippen LogP contribution in [0.1, 0.15) is 34.6 Å². The Kier molecular flexibility index (Phi) is 9.09. The van der Waals surface area contributed by atoms with Gasteiger partial charge in [0.25, 0.3) is 0 Å². The van der Waals surface area contributed by atoms with E-state index >= 15 is 0 Å². The van der Waals surface area contributed by atoms with Gasteiger partial charge >= 0.3 is 5.97 Å². The molecule has 0 aliphatic rings. The fraction of sp³-hybridized carbons (Fsp3) is 0.364. The summed E-state index contributed by atoms with van der Waals surface area (Å²) in [6, 6.07) is 6.62. The lowest BCUT2D eigenvalue weighted by molar-refractivity contribution is 0.0474. The van der Waals surface area contributed by atoms with E-state index in [1.165, 1.54) is 49.9 Å². The lowest BCUT2D eigenvalue weighted by Gasteiger charge is -2.19. The van der Waals surface area contributed by atoms with Gasteiger partial charge in [-0.3, -0.25) is 4.79 Å². The van der Waals surface area contributed by atoms with Gasteiger partial charge in [-0.2, -0.15) is 4.31 Å². The standard InChI is InChI=1S/C22H26ClNO8S/c1-6-24(7-2)33(27,28)15-8-9-17(23)16(12-15)22(26)32-13-18(25)14-10-19(29-3)21(31-5)20(11-14)30-4/h8-12H,6-7,13H2,1-5H3. The molecule has 33 heavy (non-hydrogen) atoms. The molecule has 0 saturated carbocycles. The number of sulfonamides is 1. The third kappa shape index (κ3) is 5.76. The maximum absolute atomic E-state index is 12.7. The maximum atomic E-state index is 12.7. The number of nitrogens with zero attached hydrogens (tertiary/aromatic N) is 1. The topological polar surface area (TPSA) is 108 Å². The number of halogens is 1. The van der Waals surface area contributed by atoms with Crippen LogP contribution in [0.15, 0.2) is 35.2 Å². The molecule has 0 radical (unpaired) electrons. The SMILES string of the molecule is CCN(CC)S(=O)(=O)c1ccc(Cl)c(C(=O)OCC(=O)c2cc(OC)c(OC)c(OC)c2)c1. The van der Waals surface area contributed by atoms with Crippen LogP contribution in [-0.2, 0) is 14.8 Å². The fourth-order valence-electron chi connectivity index (χ4n) is 3.07. The van der Waals surface area contributed by atoms with E-state index in [4.69, 9.17) is 30.5 Å². The molecule has 2 aromatic rings. The second kappa shape index (κ2) is 11.4. The van der Waals surface area contributed by atoms with Crippen LogP contribution in [0.25, 0.3) is 0 Å². The third-order valence-corrected chi connectivity index (χ3v) is 7.20. The van der Waals surface area contributed by atoms with Gasteiger partial charge in [0.15, 0.2) is 18.1 Å². The van der Waals surface area contributed by atoms with Crippen molar-refractivity contribution < 1.29 is 37.0 Å². The molecule has 0 spiro atoms. The Morgan fingerprint density at radius 2 is 1.52 bits per heavy atom. The van der Waals surface area contributed by atoms with Gasteiger partial charge in [-0.25, -0.2) is 13.2 Å². The lowest BCUT2D eigenvalue weighted by atomic mass is 10.1. The van der Waals surface area contributed by atoms with E-state index in [-0.39, 0.29) is 45.6 Å². The Labute approximate surface area is 198 Å². The summed E-state index contributed by atoms with van der Waals surface area (Å²) in [4.78, 5) is 25.1. The number of ketones is 1. The van der Waals surface area contributed by atoms with Gasteiger partial charge < -0.3 is 18.9 Å². The van der Waals surface area contributed by atoms with E-state index in [0.717, 1.165) is 6.07 Å². The van der Waals surface area contributed by atoms with Crippen molar-refractivity contribution in [2.24, 2.45) is 0 Å². The Hall–Kier alpha value is -2.82. The summed E-state index contributed by atoms with van der Waals surface area (Å²) in [6.07, 6.45) is 0. The number of carbonyl (C=O) groups excluding carboxylic acids is 2. The Morgan fingerprint density at radius 1 is 0.939 bits per heavy atom. The molecule has 0 saturated heterocycles. The molecule has 0 aliphatic carbocycles. The van der Waals surface area contributed by atoms with E-state index in [1.807, 2.05) is 0 Å². The minimum Gasteiger partial charge on any atom is -0.493 e. The smallest absolute Gasteiger partial charge is 0.340 e. The zero-order chi connectivity index (χ0) is 24.8. The van der Waals surface area contributed by atoms with Gasteiger partial charge in [0.2, 0.25) is 21.6 Å². The number of ether oxygens (including phenoxy) is 4. The van der Waals surface area contributed by atoms with E-state index in [2.05, 4.69) is 0 Å². The summed E-state index contributed by atoms with van der Waals surface area (Å²) in [5.41, 5.74) is 0.00356. The largest absolute Gasteiger partial charge is 0.493 e. The molecular weight excluding hydrogens is 474 g/mol.